The van der Waals surface area contributed by atoms with Crippen molar-refractivity contribution in [1.29, 1.82) is 0 Å². The van der Waals surface area contributed by atoms with Crippen LogP contribution in [0.4, 0.5) is 5.82 Å². The number of carbonyl (C=O) groups is 1. The topological polar surface area (TPSA) is 88.0 Å². The van der Waals surface area contributed by atoms with Gasteiger partial charge in [0.1, 0.15) is 0 Å². The van der Waals surface area contributed by atoms with Gasteiger partial charge < -0.3 is 15.4 Å². The molecular weight excluding hydrogens is 246 g/mol. The molecule has 0 bridgehead atoms. The lowest BCUT2D eigenvalue weighted by Gasteiger charge is -2.07. The molecule has 94 valence electrons. The summed E-state index contributed by atoms with van der Waals surface area (Å²) in [4.78, 5) is 23.8. The highest BCUT2D eigenvalue weighted by molar-refractivity contribution is 6.20. The van der Waals surface area contributed by atoms with Gasteiger partial charge in [0.25, 0.3) is 5.91 Å². The van der Waals surface area contributed by atoms with Crippen molar-refractivity contribution in [1.82, 2.24) is 10.3 Å². The molecule has 1 aromatic heterocycles. The number of hydrogen-bond acceptors (Lipinski definition) is 3. The molecule has 17 heavy (non-hydrogen) atoms. The van der Waals surface area contributed by atoms with Gasteiger partial charge in [-0.2, -0.15) is 0 Å². The first-order chi connectivity index (χ1) is 8.04. The number of amides is 1. The smallest absolute Gasteiger partial charge is 0.321 e. The van der Waals surface area contributed by atoms with Crippen LogP contribution in [0.25, 0.3) is 0 Å². The first kappa shape index (κ1) is 13.5. The number of rotatable bonds is 6. The van der Waals surface area contributed by atoms with Crippen LogP contribution in [0, 0.1) is 10.1 Å². The van der Waals surface area contributed by atoms with E-state index in [0.717, 1.165) is 12.8 Å². The zero-order valence-electron chi connectivity index (χ0n) is 9.40. The first-order valence-electron chi connectivity index (χ1n) is 5.30. The van der Waals surface area contributed by atoms with E-state index in [1.807, 2.05) is 6.92 Å². The number of nitro groups is 1. The van der Waals surface area contributed by atoms with Crippen LogP contribution in [0.15, 0.2) is 12.1 Å². The largest absolute Gasteiger partial charge is 0.358 e. The van der Waals surface area contributed by atoms with Gasteiger partial charge in [0, 0.05) is 12.6 Å². The number of alkyl halides is 1. The summed E-state index contributed by atoms with van der Waals surface area (Å²) in [5.41, 5.74) is 0.164. The number of H-pyrrole nitrogens is 1. The fraction of sp³-hybridized carbons (Fsp3) is 0.500. The number of nitrogens with one attached hydrogen (secondary N) is 2. The number of nitrogens with zero attached hydrogens (tertiary/aromatic N) is 1. The molecule has 0 aliphatic rings. The van der Waals surface area contributed by atoms with E-state index in [9.17, 15) is 14.9 Å². The Balaban J connectivity index is 2.49. The summed E-state index contributed by atoms with van der Waals surface area (Å²) in [6.07, 6.45) is 1.75. The van der Waals surface area contributed by atoms with Crippen LogP contribution < -0.4 is 5.32 Å². The van der Waals surface area contributed by atoms with Crippen molar-refractivity contribution in [3.63, 3.8) is 0 Å². The summed E-state index contributed by atoms with van der Waals surface area (Å²) in [6.45, 7) is 2.35. The second-order valence-corrected chi connectivity index (χ2v) is 4.23. The van der Waals surface area contributed by atoms with Crippen LogP contribution in [-0.2, 0) is 0 Å². The van der Waals surface area contributed by atoms with Crippen molar-refractivity contribution in [3.05, 3.63) is 27.9 Å². The maximum Gasteiger partial charge on any atom is 0.321 e. The Bertz CT molecular complexity index is 405. The van der Waals surface area contributed by atoms with E-state index in [1.165, 1.54) is 12.1 Å². The van der Waals surface area contributed by atoms with Gasteiger partial charge in [-0.15, -0.1) is 11.6 Å². The molecule has 0 radical (unpaired) electrons. The Labute approximate surface area is 103 Å². The maximum absolute atomic E-state index is 11.6. The average Bonchev–Trinajstić information content (AvgIpc) is 2.75. The van der Waals surface area contributed by atoms with E-state index in [1.54, 1.807) is 0 Å². The molecule has 1 aromatic rings. The standard InChI is InChI=1S/C10H14ClN3O3/c1-2-3-7(11)6-12-10(15)8-4-5-9(13-8)14(16)17/h4-5,7,13H,2-3,6H2,1H3,(H,12,15). The second-order valence-electron chi connectivity index (χ2n) is 3.61. The number of halogens is 1. The van der Waals surface area contributed by atoms with Crippen molar-refractivity contribution in [2.45, 2.75) is 25.1 Å². The minimum Gasteiger partial charge on any atom is -0.358 e. The van der Waals surface area contributed by atoms with E-state index in [4.69, 9.17) is 11.6 Å². The van der Waals surface area contributed by atoms with Crippen LogP contribution in [0.5, 0.6) is 0 Å². The molecule has 6 nitrogen and oxygen atoms in total. The molecule has 0 aliphatic heterocycles. The average molecular weight is 260 g/mol. The number of hydrogen-bond donors (Lipinski definition) is 2. The van der Waals surface area contributed by atoms with Crippen molar-refractivity contribution in [3.8, 4) is 0 Å². The Hall–Kier alpha value is -1.56. The van der Waals surface area contributed by atoms with Crippen LogP contribution in [0.2, 0.25) is 0 Å². The van der Waals surface area contributed by atoms with Gasteiger partial charge in [0.2, 0.25) is 0 Å². The molecule has 0 spiro atoms. The molecule has 2 N–H and O–H groups in total. The van der Waals surface area contributed by atoms with Gasteiger partial charge in [0.15, 0.2) is 5.69 Å². The fourth-order valence-electron chi connectivity index (χ4n) is 1.34. The molecule has 0 saturated heterocycles. The summed E-state index contributed by atoms with van der Waals surface area (Å²) in [5, 5.41) is 12.9. The normalized spacial score (nSPS) is 12.1. The number of aromatic amines is 1. The van der Waals surface area contributed by atoms with Gasteiger partial charge in [-0.05, 0) is 17.4 Å². The highest BCUT2D eigenvalue weighted by Crippen LogP contribution is 2.10. The van der Waals surface area contributed by atoms with E-state index in [-0.39, 0.29) is 22.8 Å². The molecule has 1 atom stereocenters. The minimum atomic E-state index is -0.585. The summed E-state index contributed by atoms with van der Waals surface area (Å²) < 4.78 is 0. The highest BCUT2D eigenvalue weighted by atomic mass is 35.5. The van der Waals surface area contributed by atoms with Crippen molar-refractivity contribution in [2.24, 2.45) is 0 Å². The summed E-state index contributed by atoms with van der Waals surface area (Å²) in [5.74, 6) is -0.592. The third kappa shape index (κ3) is 4.07. The summed E-state index contributed by atoms with van der Waals surface area (Å²) in [7, 11) is 0. The molecule has 0 aromatic carbocycles. The SMILES string of the molecule is CCCC(Cl)CNC(=O)c1ccc([N+](=O)[O-])[nH]1. The fourth-order valence-corrected chi connectivity index (χ4v) is 1.63. The lowest BCUT2D eigenvalue weighted by Crippen LogP contribution is -2.29. The predicted octanol–water partition coefficient (Wildman–Crippen LogP) is 2.06. The van der Waals surface area contributed by atoms with Gasteiger partial charge in [-0.3, -0.25) is 4.79 Å². The van der Waals surface area contributed by atoms with E-state index >= 15 is 0 Å². The minimum absolute atomic E-state index is 0.117. The van der Waals surface area contributed by atoms with E-state index in [0.29, 0.717) is 6.54 Å². The molecule has 0 saturated carbocycles. The number of aromatic nitrogens is 1. The first-order valence-corrected chi connectivity index (χ1v) is 5.74. The van der Waals surface area contributed by atoms with Crippen LogP contribution in [0.3, 0.4) is 0 Å². The second kappa shape index (κ2) is 6.24. The van der Waals surface area contributed by atoms with Crippen LogP contribution >= 0.6 is 11.6 Å². The quantitative estimate of drug-likeness (QED) is 0.466. The molecule has 7 heteroatoms. The molecular formula is C10H14ClN3O3. The number of carbonyl (C=O) groups excluding carboxylic acids is 1. The van der Waals surface area contributed by atoms with Gasteiger partial charge in [0.05, 0.1) is 5.38 Å². The lowest BCUT2D eigenvalue weighted by atomic mass is 10.2. The van der Waals surface area contributed by atoms with Crippen LogP contribution in [0.1, 0.15) is 30.3 Å². The van der Waals surface area contributed by atoms with Gasteiger partial charge in [-0.1, -0.05) is 13.3 Å². The zero-order valence-corrected chi connectivity index (χ0v) is 10.2. The molecule has 1 heterocycles. The third-order valence-electron chi connectivity index (χ3n) is 2.20. The Morgan fingerprint density at radius 3 is 2.88 bits per heavy atom. The molecule has 1 rings (SSSR count). The Morgan fingerprint density at radius 1 is 1.65 bits per heavy atom. The van der Waals surface area contributed by atoms with Gasteiger partial charge in [-0.25, -0.2) is 4.98 Å². The van der Waals surface area contributed by atoms with Crippen molar-refractivity contribution < 1.29 is 9.72 Å². The Kier molecular flexibility index (Phi) is 4.96. The van der Waals surface area contributed by atoms with E-state index < -0.39 is 4.92 Å². The zero-order chi connectivity index (χ0) is 12.8. The predicted molar refractivity (Wildman–Crippen MR) is 64.3 cm³/mol. The van der Waals surface area contributed by atoms with Gasteiger partial charge >= 0.3 is 5.82 Å². The maximum atomic E-state index is 11.6. The molecule has 1 unspecified atom stereocenters. The van der Waals surface area contributed by atoms with Crippen molar-refractivity contribution in [2.75, 3.05) is 6.54 Å². The summed E-state index contributed by atoms with van der Waals surface area (Å²) >= 11 is 5.93. The highest BCUT2D eigenvalue weighted by Gasteiger charge is 2.15. The third-order valence-corrected chi connectivity index (χ3v) is 2.57. The lowest BCUT2D eigenvalue weighted by molar-refractivity contribution is -0.389. The van der Waals surface area contributed by atoms with E-state index in [2.05, 4.69) is 10.3 Å². The van der Waals surface area contributed by atoms with Crippen molar-refractivity contribution >= 4 is 23.3 Å². The summed E-state index contributed by atoms with van der Waals surface area (Å²) in [6, 6.07) is 2.62. The Morgan fingerprint density at radius 2 is 2.35 bits per heavy atom. The monoisotopic (exact) mass is 259 g/mol. The van der Waals surface area contributed by atoms with Crippen LogP contribution in [-0.4, -0.2) is 27.7 Å². The molecule has 0 fully saturated rings. The molecule has 0 aliphatic carbocycles. The molecule has 1 amide bonds.